The number of hydrogen-bond acceptors (Lipinski definition) is 2. The molecule has 2 fully saturated rings. The van der Waals surface area contributed by atoms with Gasteiger partial charge in [0.05, 0.1) is 0 Å². The Hall–Kier alpha value is -0.370. The molecule has 0 unspecified atom stereocenters. The summed E-state index contributed by atoms with van der Waals surface area (Å²) >= 11 is 0. The summed E-state index contributed by atoms with van der Waals surface area (Å²) in [5.74, 6) is 1.54. The quantitative estimate of drug-likeness (QED) is 0.596. The van der Waals surface area contributed by atoms with Crippen LogP contribution in [-0.4, -0.2) is 19.0 Å². The number of carbonyl (C=O) groups excluding carboxylic acids is 1. The normalized spacial score (nSPS) is 41.4. The number of fused-ring (bicyclic) bond motifs is 1. The molecule has 0 N–H and O–H groups in total. The Bertz CT molecular complexity index is 188. The molecule has 2 aliphatic rings. The van der Waals surface area contributed by atoms with Crippen molar-refractivity contribution in [1.29, 1.82) is 0 Å². The van der Waals surface area contributed by atoms with E-state index in [-0.39, 0.29) is 6.10 Å². The van der Waals surface area contributed by atoms with Crippen LogP contribution in [0, 0.1) is 11.8 Å². The van der Waals surface area contributed by atoms with Gasteiger partial charge in [-0.15, -0.1) is 0 Å². The van der Waals surface area contributed by atoms with Gasteiger partial charge in [-0.2, -0.15) is 0 Å². The monoisotopic (exact) mass is 168 g/mol. The van der Waals surface area contributed by atoms with Crippen LogP contribution in [0.1, 0.15) is 32.1 Å². The summed E-state index contributed by atoms with van der Waals surface area (Å²) in [7, 11) is 1.67. The predicted octanol–water partition coefficient (Wildman–Crippen LogP) is 1.78. The van der Waals surface area contributed by atoms with E-state index in [9.17, 15) is 4.79 Å². The number of hydrogen-bond donors (Lipinski definition) is 0. The lowest BCUT2D eigenvalue weighted by atomic mass is 9.81. The Morgan fingerprint density at radius 2 is 2.08 bits per heavy atom. The van der Waals surface area contributed by atoms with Crippen LogP contribution in [0.2, 0.25) is 0 Å². The van der Waals surface area contributed by atoms with Crippen LogP contribution >= 0.6 is 0 Å². The third kappa shape index (κ3) is 1.18. The first-order valence-corrected chi connectivity index (χ1v) is 4.88. The molecule has 0 bridgehead atoms. The minimum absolute atomic E-state index is 0.0599. The number of methoxy groups -OCH3 is 1. The van der Waals surface area contributed by atoms with Crippen LogP contribution in [0.5, 0.6) is 0 Å². The van der Waals surface area contributed by atoms with Crippen LogP contribution in [-0.2, 0) is 9.53 Å². The number of Topliss-reactive ketones (excluding diaryl/α,β-unsaturated/α-hetero) is 1. The minimum Gasteiger partial charge on any atom is -0.373 e. The topological polar surface area (TPSA) is 26.3 Å². The molecule has 0 aromatic rings. The van der Waals surface area contributed by atoms with Gasteiger partial charge in [-0.1, -0.05) is 12.8 Å². The zero-order valence-electron chi connectivity index (χ0n) is 7.58. The molecule has 0 saturated heterocycles. The summed E-state index contributed by atoms with van der Waals surface area (Å²) in [4.78, 5) is 11.4. The molecule has 0 amide bonds. The second kappa shape index (κ2) is 3.17. The van der Waals surface area contributed by atoms with Gasteiger partial charge in [0.15, 0.2) is 5.78 Å². The van der Waals surface area contributed by atoms with Gasteiger partial charge < -0.3 is 4.74 Å². The van der Waals surface area contributed by atoms with E-state index in [1.807, 2.05) is 0 Å². The van der Waals surface area contributed by atoms with Crippen molar-refractivity contribution in [2.75, 3.05) is 7.11 Å². The van der Waals surface area contributed by atoms with Crippen LogP contribution in [0.15, 0.2) is 0 Å². The maximum atomic E-state index is 11.4. The lowest BCUT2D eigenvalue weighted by Gasteiger charge is -2.27. The molecule has 3 atom stereocenters. The maximum Gasteiger partial charge on any atom is 0.162 e. The lowest BCUT2D eigenvalue weighted by molar-refractivity contribution is -0.127. The fourth-order valence-electron chi connectivity index (χ4n) is 2.81. The third-order valence-corrected chi connectivity index (χ3v) is 3.39. The first-order chi connectivity index (χ1) is 5.83. The van der Waals surface area contributed by atoms with Crippen molar-refractivity contribution in [3.05, 3.63) is 0 Å². The Morgan fingerprint density at radius 1 is 1.33 bits per heavy atom. The molecule has 2 aliphatic carbocycles. The second-order valence-electron chi connectivity index (χ2n) is 4.04. The zero-order valence-corrected chi connectivity index (χ0v) is 7.58. The van der Waals surface area contributed by atoms with Crippen molar-refractivity contribution >= 4 is 5.78 Å². The van der Waals surface area contributed by atoms with E-state index in [0.717, 1.165) is 6.42 Å². The van der Waals surface area contributed by atoms with Gasteiger partial charge in [-0.25, -0.2) is 0 Å². The minimum atomic E-state index is -0.0599. The van der Waals surface area contributed by atoms with Gasteiger partial charge in [0.25, 0.3) is 0 Å². The molecule has 0 radical (unpaired) electrons. The van der Waals surface area contributed by atoms with Crippen LogP contribution in [0.4, 0.5) is 0 Å². The summed E-state index contributed by atoms with van der Waals surface area (Å²) < 4.78 is 5.24. The highest BCUT2D eigenvalue weighted by molar-refractivity contribution is 5.86. The number of ether oxygens (including phenoxy) is 1. The summed E-state index contributed by atoms with van der Waals surface area (Å²) in [5.41, 5.74) is 0. The highest BCUT2D eigenvalue weighted by atomic mass is 16.5. The van der Waals surface area contributed by atoms with E-state index in [2.05, 4.69) is 0 Å². The summed E-state index contributed by atoms with van der Waals surface area (Å²) in [6.45, 7) is 0. The molecule has 0 aromatic carbocycles. The van der Waals surface area contributed by atoms with Gasteiger partial charge in [0, 0.05) is 13.5 Å². The molecule has 2 nitrogen and oxygen atoms in total. The largest absolute Gasteiger partial charge is 0.373 e. The molecule has 0 heterocycles. The van der Waals surface area contributed by atoms with E-state index in [0.29, 0.717) is 17.6 Å². The van der Waals surface area contributed by atoms with Gasteiger partial charge in [0.1, 0.15) is 6.10 Å². The van der Waals surface area contributed by atoms with Crippen molar-refractivity contribution in [2.45, 2.75) is 38.2 Å². The van der Waals surface area contributed by atoms with Crippen LogP contribution in [0.25, 0.3) is 0 Å². The number of rotatable bonds is 1. The number of ketones is 1. The van der Waals surface area contributed by atoms with Gasteiger partial charge in [0.2, 0.25) is 0 Å². The molecule has 2 heteroatoms. The first kappa shape index (κ1) is 8.24. The van der Waals surface area contributed by atoms with Crippen molar-refractivity contribution in [3.8, 4) is 0 Å². The van der Waals surface area contributed by atoms with Gasteiger partial charge in [-0.05, 0) is 24.7 Å². The highest BCUT2D eigenvalue weighted by Gasteiger charge is 2.43. The summed E-state index contributed by atoms with van der Waals surface area (Å²) in [5, 5.41) is 0. The summed E-state index contributed by atoms with van der Waals surface area (Å²) in [6.07, 6.45) is 5.77. The van der Waals surface area contributed by atoms with Crippen molar-refractivity contribution in [3.63, 3.8) is 0 Å². The van der Waals surface area contributed by atoms with E-state index in [1.165, 1.54) is 25.7 Å². The van der Waals surface area contributed by atoms with Gasteiger partial charge in [-0.3, -0.25) is 4.79 Å². The predicted molar refractivity (Wildman–Crippen MR) is 45.9 cm³/mol. The SMILES string of the molecule is CO[C@@H]1C(=O)C[C@H]2CCCC[C@H]21. The smallest absolute Gasteiger partial charge is 0.162 e. The highest BCUT2D eigenvalue weighted by Crippen LogP contribution is 2.41. The average molecular weight is 168 g/mol. The molecular formula is C10H16O2. The molecule has 12 heavy (non-hydrogen) atoms. The van der Waals surface area contributed by atoms with Crippen molar-refractivity contribution in [1.82, 2.24) is 0 Å². The lowest BCUT2D eigenvalue weighted by Crippen LogP contribution is -2.27. The van der Waals surface area contributed by atoms with E-state index in [4.69, 9.17) is 4.74 Å². The summed E-state index contributed by atoms with van der Waals surface area (Å²) in [6, 6.07) is 0. The second-order valence-corrected chi connectivity index (χ2v) is 4.04. The molecule has 0 aliphatic heterocycles. The fraction of sp³-hybridized carbons (Fsp3) is 0.900. The fourth-order valence-corrected chi connectivity index (χ4v) is 2.81. The van der Waals surface area contributed by atoms with E-state index in [1.54, 1.807) is 7.11 Å². The van der Waals surface area contributed by atoms with Gasteiger partial charge >= 0.3 is 0 Å². The number of carbonyl (C=O) groups is 1. The maximum absolute atomic E-state index is 11.4. The molecular weight excluding hydrogens is 152 g/mol. The molecule has 2 rings (SSSR count). The molecule has 2 saturated carbocycles. The Balaban J connectivity index is 2.10. The Labute approximate surface area is 73.3 Å². The van der Waals surface area contributed by atoms with E-state index >= 15 is 0 Å². The Morgan fingerprint density at radius 3 is 2.83 bits per heavy atom. The van der Waals surface area contributed by atoms with Crippen molar-refractivity contribution in [2.24, 2.45) is 11.8 Å². The first-order valence-electron chi connectivity index (χ1n) is 4.88. The standard InChI is InChI=1S/C10H16O2/c1-12-10-8-5-3-2-4-7(8)6-9(10)11/h7-8,10H,2-6H2,1H3/t7-,8-,10+/m1/s1. The molecule has 68 valence electrons. The van der Waals surface area contributed by atoms with Crippen LogP contribution < -0.4 is 0 Å². The molecule has 0 aromatic heterocycles. The van der Waals surface area contributed by atoms with E-state index < -0.39 is 0 Å². The van der Waals surface area contributed by atoms with Crippen LogP contribution in [0.3, 0.4) is 0 Å². The third-order valence-electron chi connectivity index (χ3n) is 3.39. The van der Waals surface area contributed by atoms with Crippen molar-refractivity contribution < 1.29 is 9.53 Å². The molecule has 0 spiro atoms. The average Bonchev–Trinajstić information content (AvgIpc) is 2.40. The Kier molecular flexibility index (Phi) is 2.18. The zero-order chi connectivity index (χ0) is 8.55.